The van der Waals surface area contributed by atoms with E-state index >= 15 is 0 Å². The van der Waals surface area contributed by atoms with E-state index in [1.54, 1.807) is 0 Å². The van der Waals surface area contributed by atoms with Gasteiger partial charge in [0, 0.05) is 5.41 Å². The van der Waals surface area contributed by atoms with Crippen molar-refractivity contribution in [3.8, 4) is 5.75 Å². The van der Waals surface area contributed by atoms with Crippen molar-refractivity contribution in [3.05, 3.63) is 70.3 Å². The lowest BCUT2D eigenvalue weighted by molar-refractivity contribution is -0.127. The van der Waals surface area contributed by atoms with Crippen molar-refractivity contribution >= 4 is 11.9 Å². The summed E-state index contributed by atoms with van der Waals surface area (Å²) in [7, 11) is 0. The molecule has 2 aromatic carbocycles. The molecule has 0 aliphatic heterocycles. The Morgan fingerprint density at radius 1 is 1.11 bits per heavy atom. The number of aryl methyl sites for hydroxylation is 2. The fourth-order valence-electron chi connectivity index (χ4n) is 6.23. The molecule has 3 aliphatic carbocycles. The first kappa shape index (κ1) is 17.7. The maximum atomic E-state index is 13.4. The third-order valence-corrected chi connectivity index (χ3v) is 7.77. The van der Waals surface area contributed by atoms with Gasteiger partial charge in [0.25, 0.3) is 0 Å². The SMILES string of the molecule is Cc1ccc(/C=C2/C[C@H]3[C@@H]4CCc5cc(O)ccc5[C@H]4CC[C@]3(C)C2=O)cc1. The molecule has 2 fully saturated rings. The first-order chi connectivity index (χ1) is 13.5. The second-order valence-electron chi connectivity index (χ2n) is 9.37. The highest BCUT2D eigenvalue weighted by molar-refractivity contribution is 6.06. The summed E-state index contributed by atoms with van der Waals surface area (Å²) in [6.07, 6.45) is 7.25. The van der Waals surface area contributed by atoms with Crippen LogP contribution in [-0.4, -0.2) is 10.9 Å². The van der Waals surface area contributed by atoms with Gasteiger partial charge in [-0.05, 0) is 97.3 Å². The lowest BCUT2D eigenvalue weighted by atomic mass is 9.55. The highest BCUT2D eigenvalue weighted by Crippen LogP contribution is 2.60. The van der Waals surface area contributed by atoms with Gasteiger partial charge >= 0.3 is 0 Å². The first-order valence-electron chi connectivity index (χ1n) is 10.6. The lowest BCUT2D eigenvalue weighted by Gasteiger charge is -2.48. The number of rotatable bonds is 1. The number of hydrogen-bond acceptors (Lipinski definition) is 2. The van der Waals surface area contributed by atoms with Crippen molar-refractivity contribution in [1.29, 1.82) is 0 Å². The van der Waals surface area contributed by atoms with Crippen LogP contribution in [0, 0.1) is 24.2 Å². The van der Waals surface area contributed by atoms with Crippen molar-refractivity contribution < 1.29 is 9.90 Å². The summed E-state index contributed by atoms with van der Waals surface area (Å²) in [6.45, 7) is 4.31. The Bertz CT molecular complexity index is 968. The predicted molar refractivity (Wildman–Crippen MR) is 112 cm³/mol. The van der Waals surface area contributed by atoms with E-state index in [9.17, 15) is 9.90 Å². The number of fused-ring (bicyclic) bond motifs is 5. The van der Waals surface area contributed by atoms with Gasteiger partial charge in [-0.2, -0.15) is 0 Å². The van der Waals surface area contributed by atoms with Gasteiger partial charge in [-0.15, -0.1) is 0 Å². The lowest BCUT2D eigenvalue weighted by Crippen LogP contribution is -2.42. The van der Waals surface area contributed by atoms with Crippen LogP contribution in [0.25, 0.3) is 6.08 Å². The summed E-state index contributed by atoms with van der Waals surface area (Å²) < 4.78 is 0. The summed E-state index contributed by atoms with van der Waals surface area (Å²) in [5.74, 6) is 2.31. The molecule has 3 aliphatic rings. The van der Waals surface area contributed by atoms with Crippen LogP contribution >= 0.6 is 0 Å². The standard InChI is InChI=1S/C26H28O2/c1-16-3-5-17(6-4-16)13-19-15-24-23-9-7-18-14-20(27)8-10-21(18)22(23)11-12-26(24,2)25(19)28/h3-6,8,10,13-14,22-24,27H,7,9,11-12,15H2,1-2H3/b19-13-/t22-,23-,24+,26+/m1/s1. The predicted octanol–water partition coefficient (Wildman–Crippen LogP) is 5.82. The molecule has 0 saturated heterocycles. The molecule has 0 unspecified atom stereocenters. The van der Waals surface area contributed by atoms with Crippen LogP contribution in [0.2, 0.25) is 0 Å². The molecule has 2 aromatic rings. The minimum absolute atomic E-state index is 0.202. The fraction of sp³-hybridized carbons (Fsp3) is 0.423. The third-order valence-electron chi connectivity index (χ3n) is 7.77. The van der Waals surface area contributed by atoms with Crippen LogP contribution in [0.3, 0.4) is 0 Å². The van der Waals surface area contributed by atoms with E-state index in [0.717, 1.165) is 43.2 Å². The molecule has 0 aromatic heterocycles. The van der Waals surface area contributed by atoms with E-state index in [1.807, 2.05) is 12.1 Å². The number of Topliss-reactive ketones (excluding diaryl/α,β-unsaturated/α-hetero) is 1. The summed E-state index contributed by atoms with van der Waals surface area (Å²) in [5, 5.41) is 9.85. The van der Waals surface area contributed by atoms with E-state index in [2.05, 4.69) is 50.3 Å². The zero-order chi connectivity index (χ0) is 19.5. The Morgan fingerprint density at radius 3 is 2.68 bits per heavy atom. The van der Waals surface area contributed by atoms with Crippen molar-refractivity contribution in [2.75, 3.05) is 0 Å². The Hall–Kier alpha value is -2.35. The quantitative estimate of drug-likeness (QED) is 0.641. The van der Waals surface area contributed by atoms with Gasteiger partial charge < -0.3 is 5.11 Å². The van der Waals surface area contributed by atoms with Crippen LogP contribution in [0.15, 0.2) is 48.0 Å². The van der Waals surface area contributed by atoms with Gasteiger partial charge in [0.1, 0.15) is 5.75 Å². The minimum atomic E-state index is -0.202. The number of allylic oxidation sites excluding steroid dienone is 1. The van der Waals surface area contributed by atoms with Crippen LogP contribution < -0.4 is 0 Å². The summed E-state index contributed by atoms with van der Waals surface area (Å²) in [6, 6.07) is 14.4. The van der Waals surface area contributed by atoms with Crippen LogP contribution in [0.5, 0.6) is 5.75 Å². The fourth-order valence-corrected chi connectivity index (χ4v) is 6.23. The number of benzene rings is 2. The largest absolute Gasteiger partial charge is 0.508 e. The monoisotopic (exact) mass is 372 g/mol. The second-order valence-corrected chi connectivity index (χ2v) is 9.37. The zero-order valence-corrected chi connectivity index (χ0v) is 16.7. The molecule has 5 rings (SSSR count). The molecule has 0 radical (unpaired) electrons. The Kier molecular flexibility index (Phi) is 4.01. The smallest absolute Gasteiger partial charge is 0.165 e. The van der Waals surface area contributed by atoms with Crippen LogP contribution in [0.4, 0.5) is 0 Å². The van der Waals surface area contributed by atoms with Gasteiger partial charge in [0.15, 0.2) is 5.78 Å². The third kappa shape index (κ3) is 2.65. The van der Waals surface area contributed by atoms with Crippen LogP contribution in [0.1, 0.15) is 60.8 Å². The van der Waals surface area contributed by atoms with Gasteiger partial charge in [-0.1, -0.05) is 42.8 Å². The second kappa shape index (κ2) is 6.34. The molecule has 2 heteroatoms. The van der Waals surface area contributed by atoms with Gasteiger partial charge in [0.2, 0.25) is 0 Å². The maximum absolute atomic E-state index is 13.4. The maximum Gasteiger partial charge on any atom is 0.165 e. The number of carbonyl (C=O) groups is 1. The number of aromatic hydroxyl groups is 1. The number of carbonyl (C=O) groups excluding carboxylic acids is 1. The van der Waals surface area contributed by atoms with Gasteiger partial charge in [0.05, 0.1) is 0 Å². The molecular formula is C26H28O2. The molecule has 1 N–H and O–H groups in total. The topological polar surface area (TPSA) is 37.3 Å². The molecule has 2 nitrogen and oxygen atoms in total. The Morgan fingerprint density at radius 2 is 1.89 bits per heavy atom. The molecule has 4 atom stereocenters. The highest BCUT2D eigenvalue weighted by atomic mass is 16.3. The molecule has 2 saturated carbocycles. The van der Waals surface area contributed by atoms with Crippen molar-refractivity contribution in [1.82, 2.24) is 0 Å². The summed E-state index contributed by atoms with van der Waals surface area (Å²) >= 11 is 0. The van der Waals surface area contributed by atoms with Gasteiger partial charge in [-0.25, -0.2) is 0 Å². The van der Waals surface area contributed by atoms with Crippen molar-refractivity contribution in [3.63, 3.8) is 0 Å². The molecule has 28 heavy (non-hydrogen) atoms. The van der Waals surface area contributed by atoms with Crippen molar-refractivity contribution in [2.45, 2.75) is 51.9 Å². The molecule has 0 amide bonds. The molecule has 144 valence electrons. The summed E-state index contributed by atoms with van der Waals surface area (Å²) in [5.41, 5.74) is 5.93. The zero-order valence-electron chi connectivity index (χ0n) is 16.7. The van der Waals surface area contributed by atoms with E-state index in [1.165, 1.54) is 16.7 Å². The Balaban J connectivity index is 1.48. The molecular weight excluding hydrogens is 344 g/mol. The normalized spacial score (nSPS) is 32.7. The van der Waals surface area contributed by atoms with Crippen molar-refractivity contribution in [2.24, 2.45) is 17.3 Å². The molecule has 0 bridgehead atoms. The van der Waals surface area contributed by atoms with Crippen LogP contribution in [-0.2, 0) is 11.2 Å². The molecule has 0 spiro atoms. The van der Waals surface area contributed by atoms with Gasteiger partial charge in [-0.3, -0.25) is 4.79 Å². The Labute approximate surface area is 167 Å². The van der Waals surface area contributed by atoms with E-state index in [-0.39, 0.29) is 5.41 Å². The number of hydrogen-bond donors (Lipinski definition) is 1. The van der Waals surface area contributed by atoms with E-state index in [4.69, 9.17) is 0 Å². The number of phenols is 1. The number of ketones is 1. The summed E-state index contributed by atoms with van der Waals surface area (Å²) in [4.78, 5) is 13.4. The average Bonchev–Trinajstić information content (AvgIpc) is 2.94. The molecule has 0 heterocycles. The number of phenolic OH excluding ortho intramolecular Hbond substituents is 1. The average molecular weight is 373 g/mol. The van der Waals surface area contributed by atoms with E-state index in [0.29, 0.717) is 29.3 Å². The minimum Gasteiger partial charge on any atom is -0.508 e. The highest BCUT2D eigenvalue weighted by Gasteiger charge is 2.56. The van der Waals surface area contributed by atoms with E-state index < -0.39 is 0 Å². The first-order valence-corrected chi connectivity index (χ1v) is 10.6.